The molecule has 1 N–H and O–H groups in total. The van der Waals surface area contributed by atoms with E-state index >= 15 is 0 Å². The summed E-state index contributed by atoms with van der Waals surface area (Å²) in [5.41, 5.74) is 1.39. The van der Waals surface area contributed by atoms with Crippen LogP contribution < -0.4 is 0 Å². The molecule has 0 fully saturated rings. The molecule has 0 saturated carbocycles. The van der Waals surface area contributed by atoms with Gasteiger partial charge in [0.2, 0.25) is 0 Å². The second-order valence-electron chi connectivity index (χ2n) is 3.48. The number of aliphatic hydroxyl groups is 1. The highest BCUT2D eigenvalue weighted by molar-refractivity contribution is 7.99. The minimum atomic E-state index is -0.0509. The molecule has 0 spiro atoms. The molecule has 17 heavy (non-hydrogen) atoms. The third-order valence-electron chi connectivity index (χ3n) is 2.35. The summed E-state index contributed by atoms with van der Waals surface area (Å²) in [5.74, 6) is 0. The third kappa shape index (κ3) is 2.68. The fourth-order valence-electron chi connectivity index (χ4n) is 1.52. The van der Waals surface area contributed by atoms with Crippen LogP contribution in [-0.2, 0) is 6.61 Å². The molecular weight excluding hydrogens is 230 g/mol. The maximum absolute atomic E-state index is 9.29. The normalized spacial score (nSPS) is 9.88. The van der Waals surface area contributed by atoms with Crippen LogP contribution in [0, 0.1) is 11.3 Å². The molecule has 0 radical (unpaired) electrons. The summed E-state index contributed by atoms with van der Waals surface area (Å²) in [4.78, 5) is 1.90. The molecule has 2 nitrogen and oxygen atoms in total. The first kappa shape index (κ1) is 11.7. The van der Waals surface area contributed by atoms with Gasteiger partial charge in [0.05, 0.1) is 12.2 Å². The average molecular weight is 241 g/mol. The lowest BCUT2D eigenvalue weighted by atomic mass is 10.1. The Morgan fingerprint density at radius 1 is 1.06 bits per heavy atom. The maximum atomic E-state index is 9.29. The van der Waals surface area contributed by atoms with Crippen LogP contribution in [0.1, 0.15) is 11.1 Å². The molecule has 2 aromatic carbocycles. The summed E-state index contributed by atoms with van der Waals surface area (Å²) in [5, 5.41) is 18.4. The van der Waals surface area contributed by atoms with Crippen molar-refractivity contribution in [3.05, 3.63) is 59.7 Å². The first-order chi connectivity index (χ1) is 8.35. The van der Waals surface area contributed by atoms with E-state index in [1.165, 1.54) is 11.8 Å². The largest absolute Gasteiger partial charge is 0.392 e. The molecule has 3 heteroatoms. The van der Waals surface area contributed by atoms with E-state index in [-0.39, 0.29) is 6.61 Å². The van der Waals surface area contributed by atoms with Gasteiger partial charge in [0.1, 0.15) is 6.07 Å². The zero-order valence-corrected chi connectivity index (χ0v) is 9.95. The smallest absolute Gasteiger partial charge is 0.100 e. The molecule has 0 unspecified atom stereocenters. The Kier molecular flexibility index (Phi) is 3.81. The summed E-state index contributed by atoms with van der Waals surface area (Å²) in [6.07, 6.45) is 0. The molecule has 0 aromatic heterocycles. The molecule has 84 valence electrons. The van der Waals surface area contributed by atoms with Crippen molar-refractivity contribution < 1.29 is 5.11 Å². The lowest BCUT2D eigenvalue weighted by Gasteiger charge is -2.08. The van der Waals surface area contributed by atoms with Crippen LogP contribution >= 0.6 is 11.8 Å². The Morgan fingerprint density at radius 3 is 2.47 bits per heavy atom. The Balaban J connectivity index is 2.41. The monoisotopic (exact) mass is 241 g/mol. The maximum Gasteiger partial charge on any atom is 0.100 e. The zero-order chi connectivity index (χ0) is 12.1. The summed E-state index contributed by atoms with van der Waals surface area (Å²) in [7, 11) is 0. The number of benzene rings is 2. The predicted octanol–water partition coefficient (Wildman–Crippen LogP) is 3.20. The molecular formula is C14H11NOS. The van der Waals surface area contributed by atoms with Crippen molar-refractivity contribution >= 4 is 11.8 Å². The van der Waals surface area contributed by atoms with Gasteiger partial charge >= 0.3 is 0 Å². The summed E-state index contributed by atoms with van der Waals surface area (Å²) >= 11 is 1.51. The highest BCUT2D eigenvalue weighted by Gasteiger charge is 2.08. The third-order valence-corrected chi connectivity index (χ3v) is 3.54. The molecule has 0 saturated heterocycles. The van der Waals surface area contributed by atoms with E-state index in [4.69, 9.17) is 5.26 Å². The van der Waals surface area contributed by atoms with Gasteiger partial charge in [0.25, 0.3) is 0 Å². The number of hydrogen-bond donors (Lipinski definition) is 1. The van der Waals surface area contributed by atoms with Crippen molar-refractivity contribution in [1.82, 2.24) is 0 Å². The fourth-order valence-corrected chi connectivity index (χ4v) is 2.54. The van der Waals surface area contributed by atoms with E-state index in [0.717, 1.165) is 15.4 Å². The van der Waals surface area contributed by atoms with Crippen LogP contribution in [0.15, 0.2) is 58.3 Å². The van der Waals surface area contributed by atoms with Gasteiger partial charge in [-0.2, -0.15) is 5.26 Å². The first-order valence-corrected chi connectivity index (χ1v) is 6.02. The van der Waals surface area contributed by atoms with Gasteiger partial charge in [-0.15, -0.1) is 0 Å². The number of rotatable bonds is 3. The van der Waals surface area contributed by atoms with Crippen LogP contribution in [0.2, 0.25) is 0 Å². The van der Waals surface area contributed by atoms with Gasteiger partial charge in [-0.3, -0.25) is 0 Å². The van der Waals surface area contributed by atoms with Gasteiger partial charge in [-0.1, -0.05) is 42.1 Å². The Hall–Kier alpha value is -1.76. The summed E-state index contributed by atoms with van der Waals surface area (Å²) < 4.78 is 0. The summed E-state index contributed by atoms with van der Waals surface area (Å²) in [6, 6.07) is 17.4. The molecule has 0 aliphatic carbocycles. The van der Waals surface area contributed by atoms with E-state index in [0.29, 0.717) is 5.56 Å². The van der Waals surface area contributed by atoms with Crippen molar-refractivity contribution in [2.75, 3.05) is 0 Å². The molecule has 2 rings (SSSR count). The highest BCUT2D eigenvalue weighted by Crippen LogP contribution is 2.33. The second kappa shape index (κ2) is 5.53. The fraction of sp³-hybridized carbons (Fsp3) is 0.0714. The zero-order valence-electron chi connectivity index (χ0n) is 9.13. The predicted molar refractivity (Wildman–Crippen MR) is 67.6 cm³/mol. The van der Waals surface area contributed by atoms with Gasteiger partial charge in [0.15, 0.2) is 0 Å². The number of nitrogens with zero attached hydrogens (tertiary/aromatic N) is 1. The second-order valence-corrected chi connectivity index (χ2v) is 4.56. The Bertz CT molecular complexity index is 546. The number of aliphatic hydroxyl groups excluding tert-OH is 1. The quantitative estimate of drug-likeness (QED) is 0.897. The van der Waals surface area contributed by atoms with Crippen molar-refractivity contribution in [1.29, 1.82) is 5.26 Å². The molecule has 0 aliphatic rings. The van der Waals surface area contributed by atoms with Crippen LogP contribution in [0.25, 0.3) is 0 Å². The van der Waals surface area contributed by atoms with Crippen LogP contribution in [-0.4, -0.2) is 5.11 Å². The van der Waals surface area contributed by atoms with E-state index in [9.17, 15) is 5.11 Å². The van der Waals surface area contributed by atoms with Crippen molar-refractivity contribution in [2.45, 2.75) is 16.4 Å². The lowest BCUT2D eigenvalue weighted by Crippen LogP contribution is -1.91. The van der Waals surface area contributed by atoms with Gasteiger partial charge < -0.3 is 5.11 Å². The minimum absolute atomic E-state index is 0.0509. The van der Waals surface area contributed by atoms with E-state index in [2.05, 4.69) is 6.07 Å². The van der Waals surface area contributed by atoms with Crippen LogP contribution in [0.5, 0.6) is 0 Å². The van der Waals surface area contributed by atoms with Gasteiger partial charge in [-0.25, -0.2) is 0 Å². The molecule has 0 amide bonds. The average Bonchev–Trinajstić information content (AvgIpc) is 2.40. The Morgan fingerprint density at radius 2 is 1.82 bits per heavy atom. The number of nitriles is 1. The van der Waals surface area contributed by atoms with Crippen molar-refractivity contribution in [2.24, 2.45) is 0 Å². The number of hydrogen-bond acceptors (Lipinski definition) is 3. The molecule has 0 bridgehead atoms. The topological polar surface area (TPSA) is 44.0 Å². The SMILES string of the molecule is N#Cc1cccc(CO)c1Sc1ccccc1. The minimum Gasteiger partial charge on any atom is -0.392 e. The van der Waals surface area contributed by atoms with Crippen LogP contribution in [0.3, 0.4) is 0 Å². The van der Waals surface area contributed by atoms with Gasteiger partial charge in [-0.05, 0) is 23.8 Å². The van der Waals surface area contributed by atoms with E-state index in [1.54, 1.807) is 12.1 Å². The summed E-state index contributed by atoms with van der Waals surface area (Å²) in [6.45, 7) is -0.0509. The molecule has 0 atom stereocenters. The van der Waals surface area contributed by atoms with Crippen molar-refractivity contribution in [3.8, 4) is 6.07 Å². The van der Waals surface area contributed by atoms with Gasteiger partial charge in [0, 0.05) is 9.79 Å². The molecule has 0 aliphatic heterocycles. The first-order valence-electron chi connectivity index (χ1n) is 5.21. The standard InChI is InChI=1S/C14H11NOS/c15-9-11-5-4-6-12(10-16)14(11)17-13-7-2-1-3-8-13/h1-8,16H,10H2. The Labute approximate surface area is 105 Å². The van der Waals surface area contributed by atoms with E-state index in [1.807, 2.05) is 36.4 Å². The van der Waals surface area contributed by atoms with Crippen LogP contribution in [0.4, 0.5) is 0 Å². The highest BCUT2D eigenvalue weighted by atomic mass is 32.2. The molecule has 2 aromatic rings. The molecule has 0 heterocycles. The van der Waals surface area contributed by atoms with E-state index < -0.39 is 0 Å². The van der Waals surface area contributed by atoms with Crippen molar-refractivity contribution in [3.63, 3.8) is 0 Å². The lowest BCUT2D eigenvalue weighted by molar-refractivity contribution is 0.279.